The van der Waals surface area contributed by atoms with Crippen LogP contribution in [-0.2, 0) is 18.0 Å². The van der Waals surface area contributed by atoms with Gasteiger partial charge in [0, 0.05) is 6.20 Å². The highest BCUT2D eigenvalue weighted by molar-refractivity contribution is 7.15. The van der Waals surface area contributed by atoms with Gasteiger partial charge in [0.2, 0.25) is 0 Å². The van der Waals surface area contributed by atoms with Crippen LogP contribution in [-0.4, -0.2) is 12.1 Å². The lowest BCUT2D eigenvalue weighted by molar-refractivity contribution is 0.109. The van der Waals surface area contributed by atoms with Crippen LogP contribution < -0.4 is 16.0 Å². The fourth-order valence-electron chi connectivity index (χ4n) is 1.47. The van der Waals surface area contributed by atoms with E-state index in [9.17, 15) is 0 Å². The Hall–Kier alpha value is -1.63. The molecule has 0 aliphatic rings. The zero-order chi connectivity index (χ0) is 12.8. The standard InChI is InChI=1S/C12H15N3O2S/c1-16-10-4-2-3-9(5-10)7-17-8-11-6-14-12(15-13)18-11/h2-6H,7-8,13H2,1H3,(H,14,15). The van der Waals surface area contributed by atoms with Crippen molar-refractivity contribution in [3.05, 3.63) is 40.9 Å². The fourth-order valence-corrected chi connectivity index (χ4v) is 2.13. The number of methoxy groups -OCH3 is 1. The van der Waals surface area contributed by atoms with Crippen LogP contribution in [0.25, 0.3) is 0 Å². The number of hydrogen-bond acceptors (Lipinski definition) is 6. The van der Waals surface area contributed by atoms with E-state index >= 15 is 0 Å². The van der Waals surface area contributed by atoms with Crippen molar-refractivity contribution < 1.29 is 9.47 Å². The molecular weight excluding hydrogens is 250 g/mol. The highest BCUT2D eigenvalue weighted by atomic mass is 32.1. The monoisotopic (exact) mass is 265 g/mol. The van der Waals surface area contributed by atoms with Crippen LogP contribution in [0.3, 0.4) is 0 Å². The minimum Gasteiger partial charge on any atom is -0.497 e. The summed E-state index contributed by atoms with van der Waals surface area (Å²) in [7, 11) is 1.65. The number of hydrogen-bond donors (Lipinski definition) is 2. The summed E-state index contributed by atoms with van der Waals surface area (Å²) in [5.41, 5.74) is 3.59. The zero-order valence-corrected chi connectivity index (χ0v) is 10.9. The van der Waals surface area contributed by atoms with Crippen molar-refractivity contribution in [3.63, 3.8) is 0 Å². The summed E-state index contributed by atoms with van der Waals surface area (Å²) in [4.78, 5) is 5.10. The van der Waals surface area contributed by atoms with E-state index in [1.165, 1.54) is 11.3 Å². The van der Waals surface area contributed by atoms with Gasteiger partial charge in [0.1, 0.15) is 5.75 Å². The van der Waals surface area contributed by atoms with E-state index in [1.54, 1.807) is 13.3 Å². The minimum atomic E-state index is 0.524. The Balaban J connectivity index is 1.84. The molecule has 96 valence electrons. The van der Waals surface area contributed by atoms with Crippen LogP contribution in [0.5, 0.6) is 5.75 Å². The van der Waals surface area contributed by atoms with Gasteiger partial charge in [-0.25, -0.2) is 10.8 Å². The van der Waals surface area contributed by atoms with Crippen molar-refractivity contribution in [2.45, 2.75) is 13.2 Å². The van der Waals surface area contributed by atoms with Crippen LogP contribution in [0.4, 0.5) is 5.13 Å². The number of nitrogens with two attached hydrogens (primary N) is 1. The Morgan fingerprint density at radius 3 is 3.00 bits per heavy atom. The second-order valence-electron chi connectivity index (χ2n) is 3.62. The third kappa shape index (κ3) is 3.43. The third-order valence-electron chi connectivity index (χ3n) is 2.32. The van der Waals surface area contributed by atoms with Crippen LogP contribution in [0.1, 0.15) is 10.4 Å². The normalized spacial score (nSPS) is 10.3. The molecule has 0 bridgehead atoms. The maximum Gasteiger partial charge on any atom is 0.197 e. The van der Waals surface area contributed by atoms with Crippen molar-refractivity contribution in [2.24, 2.45) is 5.84 Å². The Labute approximate surface area is 110 Å². The van der Waals surface area contributed by atoms with Gasteiger partial charge in [-0.15, -0.1) is 0 Å². The van der Waals surface area contributed by atoms with Gasteiger partial charge < -0.3 is 9.47 Å². The topological polar surface area (TPSA) is 69.4 Å². The van der Waals surface area contributed by atoms with Crippen LogP contribution in [0, 0.1) is 0 Å². The molecular formula is C12H15N3O2S. The Morgan fingerprint density at radius 2 is 2.28 bits per heavy atom. The fraction of sp³-hybridized carbons (Fsp3) is 0.250. The summed E-state index contributed by atoms with van der Waals surface area (Å²) in [5.74, 6) is 6.09. The summed E-state index contributed by atoms with van der Waals surface area (Å²) in [6.45, 7) is 1.07. The highest BCUT2D eigenvalue weighted by Crippen LogP contribution is 2.19. The van der Waals surface area contributed by atoms with E-state index in [2.05, 4.69) is 10.4 Å². The summed E-state index contributed by atoms with van der Waals surface area (Å²) in [5, 5.41) is 0.690. The molecule has 0 aliphatic heterocycles. The van der Waals surface area contributed by atoms with Gasteiger partial charge in [-0.05, 0) is 17.7 Å². The second-order valence-corrected chi connectivity index (χ2v) is 4.74. The number of ether oxygens (including phenoxy) is 2. The lowest BCUT2D eigenvalue weighted by atomic mass is 10.2. The van der Waals surface area contributed by atoms with Gasteiger partial charge in [-0.2, -0.15) is 0 Å². The summed E-state index contributed by atoms with van der Waals surface area (Å²) < 4.78 is 10.8. The first kappa shape index (κ1) is 12.8. The lowest BCUT2D eigenvalue weighted by Gasteiger charge is -2.05. The van der Waals surface area contributed by atoms with Crippen molar-refractivity contribution >= 4 is 16.5 Å². The number of nitrogens with one attached hydrogen (secondary N) is 1. The van der Waals surface area contributed by atoms with E-state index in [-0.39, 0.29) is 0 Å². The van der Waals surface area contributed by atoms with E-state index < -0.39 is 0 Å². The smallest absolute Gasteiger partial charge is 0.197 e. The molecule has 3 N–H and O–H groups in total. The van der Waals surface area contributed by atoms with Crippen LogP contribution in [0.15, 0.2) is 30.5 Å². The molecule has 1 aromatic carbocycles. The summed E-state index contributed by atoms with van der Waals surface area (Å²) >= 11 is 1.48. The quantitative estimate of drug-likeness (QED) is 0.618. The predicted molar refractivity (Wildman–Crippen MR) is 71.4 cm³/mol. The molecule has 18 heavy (non-hydrogen) atoms. The Bertz CT molecular complexity index is 502. The Morgan fingerprint density at radius 1 is 1.39 bits per heavy atom. The molecule has 6 heteroatoms. The third-order valence-corrected chi connectivity index (χ3v) is 3.23. The molecule has 0 saturated heterocycles. The van der Waals surface area contributed by atoms with E-state index in [1.807, 2.05) is 24.3 Å². The Kier molecular flexibility index (Phi) is 4.52. The van der Waals surface area contributed by atoms with Gasteiger partial charge in [0.05, 0.1) is 25.2 Å². The predicted octanol–water partition coefficient (Wildman–Crippen LogP) is 2.15. The van der Waals surface area contributed by atoms with Gasteiger partial charge >= 0.3 is 0 Å². The van der Waals surface area contributed by atoms with Crippen LogP contribution in [0.2, 0.25) is 0 Å². The highest BCUT2D eigenvalue weighted by Gasteiger charge is 2.01. The maximum atomic E-state index is 5.61. The second kappa shape index (κ2) is 6.34. The number of rotatable bonds is 6. The molecule has 0 unspecified atom stereocenters. The summed E-state index contributed by atoms with van der Waals surface area (Å²) in [6, 6.07) is 7.81. The first-order valence-corrected chi connectivity index (χ1v) is 6.25. The molecule has 0 aliphatic carbocycles. The number of hydrazine groups is 1. The number of nitrogens with zero attached hydrogens (tertiary/aromatic N) is 1. The van der Waals surface area contributed by atoms with Crippen molar-refractivity contribution in [1.82, 2.24) is 4.98 Å². The molecule has 2 aromatic rings. The van der Waals surface area contributed by atoms with Gasteiger partial charge in [-0.1, -0.05) is 23.5 Å². The van der Waals surface area contributed by atoms with E-state index in [0.717, 1.165) is 16.2 Å². The molecule has 0 atom stereocenters. The molecule has 1 aromatic heterocycles. The van der Waals surface area contributed by atoms with E-state index in [0.29, 0.717) is 18.3 Å². The van der Waals surface area contributed by atoms with Gasteiger partial charge in [0.15, 0.2) is 5.13 Å². The van der Waals surface area contributed by atoms with Crippen molar-refractivity contribution in [3.8, 4) is 5.75 Å². The minimum absolute atomic E-state index is 0.524. The van der Waals surface area contributed by atoms with Crippen LogP contribution >= 0.6 is 11.3 Å². The van der Waals surface area contributed by atoms with Crippen molar-refractivity contribution in [2.75, 3.05) is 12.5 Å². The molecule has 0 fully saturated rings. The first-order valence-electron chi connectivity index (χ1n) is 5.44. The zero-order valence-electron chi connectivity index (χ0n) is 10.1. The average Bonchev–Trinajstić information content (AvgIpc) is 2.87. The SMILES string of the molecule is COc1cccc(COCc2cnc(NN)s2)c1. The number of aromatic nitrogens is 1. The summed E-state index contributed by atoms with van der Waals surface area (Å²) in [6.07, 6.45) is 1.76. The lowest BCUT2D eigenvalue weighted by Crippen LogP contribution is -2.05. The number of nitrogen functional groups attached to an aromatic ring is 1. The largest absolute Gasteiger partial charge is 0.497 e. The molecule has 0 radical (unpaired) electrons. The molecule has 0 spiro atoms. The molecule has 0 saturated carbocycles. The van der Waals surface area contributed by atoms with Crippen molar-refractivity contribution in [1.29, 1.82) is 0 Å². The first-order chi connectivity index (χ1) is 8.81. The molecule has 1 heterocycles. The number of benzene rings is 1. The molecule has 5 nitrogen and oxygen atoms in total. The number of thiazole rings is 1. The maximum absolute atomic E-state index is 5.61. The average molecular weight is 265 g/mol. The van der Waals surface area contributed by atoms with E-state index in [4.69, 9.17) is 15.3 Å². The van der Waals surface area contributed by atoms with Gasteiger partial charge in [-0.3, -0.25) is 5.43 Å². The number of anilines is 1. The molecule has 0 amide bonds. The molecule has 2 rings (SSSR count). The van der Waals surface area contributed by atoms with Gasteiger partial charge in [0.25, 0.3) is 0 Å².